The van der Waals surface area contributed by atoms with Crippen molar-refractivity contribution < 1.29 is 8.42 Å². The maximum atomic E-state index is 12.7. The number of anilines is 2. The van der Waals surface area contributed by atoms with Gasteiger partial charge in [0.05, 0.1) is 5.69 Å². The van der Waals surface area contributed by atoms with Crippen molar-refractivity contribution in [1.82, 2.24) is 0 Å². The Morgan fingerprint density at radius 3 is 2.45 bits per heavy atom. The van der Waals surface area contributed by atoms with Gasteiger partial charge in [0, 0.05) is 21.7 Å². The summed E-state index contributed by atoms with van der Waals surface area (Å²) >= 11 is 6.55. The van der Waals surface area contributed by atoms with E-state index in [0.29, 0.717) is 20.3 Å². The van der Waals surface area contributed by atoms with Crippen molar-refractivity contribution in [2.75, 3.05) is 17.1 Å². The van der Waals surface area contributed by atoms with Gasteiger partial charge in [-0.15, -0.1) is 0 Å². The van der Waals surface area contributed by atoms with Crippen molar-refractivity contribution in [2.45, 2.75) is 4.90 Å². The summed E-state index contributed by atoms with van der Waals surface area (Å²) in [6.45, 7) is 0. The lowest BCUT2D eigenvalue weighted by atomic mass is 10.3. The van der Waals surface area contributed by atoms with Gasteiger partial charge in [0.25, 0.3) is 10.0 Å². The largest absolute Gasteiger partial charge is 0.399 e. The third-order valence-corrected chi connectivity index (χ3v) is 6.04. The fourth-order valence-electron chi connectivity index (χ4n) is 1.68. The van der Waals surface area contributed by atoms with Crippen LogP contribution in [0.3, 0.4) is 0 Å². The maximum absolute atomic E-state index is 12.7. The molecular formula is C13H12Br2N2O2S. The van der Waals surface area contributed by atoms with E-state index in [9.17, 15) is 8.42 Å². The number of nitrogens with two attached hydrogens (primary N) is 1. The van der Waals surface area contributed by atoms with Gasteiger partial charge in [-0.3, -0.25) is 4.31 Å². The molecule has 0 aliphatic rings. The van der Waals surface area contributed by atoms with Gasteiger partial charge < -0.3 is 5.73 Å². The van der Waals surface area contributed by atoms with Gasteiger partial charge >= 0.3 is 0 Å². The Bertz CT molecular complexity index is 748. The number of rotatable bonds is 3. The molecule has 0 unspecified atom stereocenters. The standard InChI is InChI=1S/C13H12Br2N2O2S/c1-17(11-4-2-3-10(16)8-11)20(18,19)13-7-9(14)5-6-12(13)15/h2-8H,16H2,1H3. The Balaban J connectivity index is 2.52. The molecule has 0 saturated carbocycles. The molecule has 0 amide bonds. The van der Waals surface area contributed by atoms with Gasteiger partial charge in [0.15, 0.2) is 0 Å². The van der Waals surface area contributed by atoms with Gasteiger partial charge in [-0.2, -0.15) is 0 Å². The summed E-state index contributed by atoms with van der Waals surface area (Å²) in [5, 5.41) is 0. The summed E-state index contributed by atoms with van der Waals surface area (Å²) in [4.78, 5) is 0.191. The number of hydrogen-bond donors (Lipinski definition) is 1. The van der Waals surface area contributed by atoms with Gasteiger partial charge in [-0.1, -0.05) is 22.0 Å². The van der Waals surface area contributed by atoms with Crippen LogP contribution in [0.5, 0.6) is 0 Å². The van der Waals surface area contributed by atoms with Gasteiger partial charge in [-0.25, -0.2) is 8.42 Å². The first-order chi connectivity index (χ1) is 9.32. The normalized spacial score (nSPS) is 11.3. The van der Waals surface area contributed by atoms with Crippen molar-refractivity contribution in [3.8, 4) is 0 Å². The molecule has 0 saturated heterocycles. The summed E-state index contributed by atoms with van der Waals surface area (Å²) in [5.41, 5.74) is 6.72. The summed E-state index contributed by atoms with van der Waals surface area (Å²) in [5.74, 6) is 0. The molecule has 4 nitrogen and oxygen atoms in total. The highest BCUT2D eigenvalue weighted by atomic mass is 79.9. The predicted octanol–water partition coefficient (Wildman–Crippen LogP) is 3.62. The van der Waals surface area contributed by atoms with Crippen LogP contribution in [0.4, 0.5) is 11.4 Å². The molecule has 2 aromatic rings. The molecule has 2 rings (SSSR count). The van der Waals surface area contributed by atoms with E-state index in [4.69, 9.17) is 5.73 Å². The average Bonchev–Trinajstić information content (AvgIpc) is 2.40. The first kappa shape index (κ1) is 15.3. The van der Waals surface area contributed by atoms with E-state index in [1.54, 1.807) is 42.5 Å². The number of nitrogen functional groups attached to an aromatic ring is 1. The molecule has 106 valence electrons. The second kappa shape index (κ2) is 5.75. The van der Waals surface area contributed by atoms with Crippen molar-refractivity contribution in [1.29, 1.82) is 0 Å². The highest BCUT2D eigenvalue weighted by Crippen LogP contribution is 2.30. The zero-order chi connectivity index (χ0) is 14.9. The predicted molar refractivity (Wildman–Crippen MR) is 88.3 cm³/mol. The van der Waals surface area contributed by atoms with E-state index in [1.165, 1.54) is 11.4 Å². The second-order valence-corrected chi connectivity index (χ2v) is 7.85. The van der Waals surface area contributed by atoms with Crippen LogP contribution in [0, 0.1) is 0 Å². The van der Waals surface area contributed by atoms with Crippen LogP contribution in [0.1, 0.15) is 0 Å². The van der Waals surface area contributed by atoms with Gasteiger partial charge in [0.1, 0.15) is 4.90 Å². The molecule has 2 aromatic carbocycles. The first-order valence-electron chi connectivity index (χ1n) is 5.62. The topological polar surface area (TPSA) is 63.4 Å². The number of hydrogen-bond acceptors (Lipinski definition) is 3. The van der Waals surface area contributed by atoms with Crippen molar-refractivity contribution >= 4 is 53.3 Å². The Kier molecular flexibility index (Phi) is 4.41. The minimum Gasteiger partial charge on any atom is -0.399 e. The Labute approximate surface area is 134 Å². The molecule has 0 aliphatic carbocycles. The van der Waals surface area contributed by atoms with Crippen molar-refractivity contribution in [2.24, 2.45) is 0 Å². The minimum atomic E-state index is -3.66. The summed E-state index contributed by atoms with van der Waals surface area (Å²) in [6.07, 6.45) is 0. The molecule has 0 aliphatic heterocycles. The lowest BCUT2D eigenvalue weighted by Gasteiger charge is -2.20. The average molecular weight is 420 g/mol. The van der Waals surface area contributed by atoms with Crippen LogP contribution in [0.15, 0.2) is 56.3 Å². The first-order valence-corrected chi connectivity index (χ1v) is 8.64. The Hall–Kier alpha value is -1.05. The zero-order valence-corrected chi connectivity index (χ0v) is 14.5. The second-order valence-electron chi connectivity index (χ2n) is 4.14. The van der Waals surface area contributed by atoms with Crippen LogP contribution in [0.25, 0.3) is 0 Å². The van der Waals surface area contributed by atoms with E-state index >= 15 is 0 Å². The quantitative estimate of drug-likeness (QED) is 0.772. The van der Waals surface area contributed by atoms with E-state index in [0.717, 1.165) is 0 Å². The molecule has 7 heteroatoms. The number of nitrogens with zero attached hydrogens (tertiary/aromatic N) is 1. The molecule has 0 heterocycles. The number of sulfonamides is 1. The monoisotopic (exact) mass is 418 g/mol. The molecule has 2 N–H and O–H groups in total. The Morgan fingerprint density at radius 2 is 1.80 bits per heavy atom. The lowest BCUT2D eigenvalue weighted by molar-refractivity contribution is 0.594. The number of benzene rings is 2. The van der Waals surface area contributed by atoms with Crippen molar-refractivity contribution in [3.63, 3.8) is 0 Å². The lowest BCUT2D eigenvalue weighted by Crippen LogP contribution is -2.26. The van der Waals surface area contributed by atoms with Crippen LogP contribution in [0.2, 0.25) is 0 Å². The molecule has 0 aromatic heterocycles. The highest BCUT2D eigenvalue weighted by molar-refractivity contribution is 9.11. The van der Waals surface area contributed by atoms with Crippen molar-refractivity contribution in [3.05, 3.63) is 51.4 Å². The molecule has 20 heavy (non-hydrogen) atoms. The summed E-state index contributed by atoms with van der Waals surface area (Å²) < 4.78 is 27.7. The van der Waals surface area contributed by atoms with Gasteiger partial charge in [-0.05, 0) is 52.3 Å². The molecular weight excluding hydrogens is 408 g/mol. The third-order valence-electron chi connectivity index (χ3n) is 2.77. The van der Waals surface area contributed by atoms with Crippen LogP contribution < -0.4 is 10.0 Å². The van der Waals surface area contributed by atoms with E-state index in [-0.39, 0.29) is 4.90 Å². The van der Waals surface area contributed by atoms with E-state index in [2.05, 4.69) is 31.9 Å². The number of halogens is 2. The SMILES string of the molecule is CN(c1cccc(N)c1)S(=O)(=O)c1cc(Br)ccc1Br. The van der Waals surface area contributed by atoms with E-state index in [1.807, 2.05) is 0 Å². The maximum Gasteiger partial charge on any atom is 0.265 e. The summed E-state index contributed by atoms with van der Waals surface area (Å²) in [7, 11) is -2.16. The third kappa shape index (κ3) is 2.99. The fraction of sp³-hybridized carbons (Fsp3) is 0.0769. The summed E-state index contributed by atoms with van der Waals surface area (Å²) in [6, 6.07) is 11.7. The fourth-order valence-corrected chi connectivity index (χ4v) is 4.33. The minimum absolute atomic E-state index is 0.191. The van der Waals surface area contributed by atoms with Gasteiger partial charge in [0.2, 0.25) is 0 Å². The molecule has 0 bridgehead atoms. The van der Waals surface area contributed by atoms with Crippen LogP contribution in [-0.4, -0.2) is 15.5 Å². The highest BCUT2D eigenvalue weighted by Gasteiger charge is 2.24. The molecule has 0 spiro atoms. The van der Waals surface area contributed by atoms with Crippen LogP contribution in [-0.2, 0) is 10.0 Å². The Morgan fingerprint density at radius 1 is 1.10 bits per heavy atom. The van der Waals surface area contributed by atoms with Crippen LogP contribution >= 0.6 is 31.9 Å². The molecule has 0 radical (unpaired) electrons. The molecule has 0 fully saturated rings. The van der Waals surface area contributed by atoms with E-state index < -0.39 is 10.0 Å². The smallest absolute Gasteiger partial charge is 0.265 e. The molecule has 0 atom stereocenters. The zero-order valence-electron chi connectivity index (χ0n) is 10.5.